The lowest BCUT2D eigenvalue weighted by molar-refractivity contribution is 0.774. The lowest BCUT2D eigenvalue weighted by Crippen LogP contribution is -2.31. The zero-order chi connectivity index (χ0) is 32.1. The molecule has 0 saturated carbocycles. The zero-order valence-electron chi connectivity index (χ0n) is 26.6. The van der Waals surface area contributed by atoms with Crippen molar-refractivity contribution in [1.82, 2.24) is 9.97 Å². The number of rotatable bonds is 2. The van der Waals surface area contributed by atoms with Crippen molar-refractivity contribution in [3.8, 4) is 44.5 Å². The summed E-state index contributed by atoms with van der Waals surface area (Å²) in [6, 6.07) is 58.4. The minimum atomic E-state index is -0.419. The first kappa shape index (κ1) is 26.7. The third-order valence-corrected chi connectivity index (χ3v) is 11.0. The summed E-state index contributed by atoms with van der Waals surface area (Å²) in [6.45, 7) is 0. The van der Waals surface area contributed by atoms with Crippen LogP contribution < -0.4 is 0 Å². The van der Waals surface area contributed by atoms with Crippen molar-refractivity contribution in [3.63, 3.8) is 0 Å². The summed E-state index contributed by atoms with van der Waals surface area (Å²) in [5, 5.41) is 4.85. The van der Waals surface area contributed by atoms with Gasteiger partial charge in [0.25, 0.3) is 0 Å². The maximum atomic E-state index is 4.73. The van der Waals surface area contributed by atoms with Crippen molar-refractivity contribution in [2.45, 2.75) is 5.41 Å². The molecule has 1 spiro atoms. The van der Waals surface area contributed by atoms with Gasteiger partial charge in [-0.2, -0.15) is 0 Å². The molecule has 0 bridgehead atoms. The van der Waals surface area contributed by atoms with Gasteiger partial charge >= 0.3 is 0 Å². The van der Waals surface area contributed by atoms with Gasteiger partial charge < -0.3 is 0 Å². The van der Waals surface area contributed by atoms with Crippen LogP contribution in [0.25, 0.3) is 77.1 Å². The van der Waals surface area contributed by atoms with Crippen molar-refractivity contribution < 1.29 is 0 Å². The SMILES string of the molecule is c1ccc2c(c1)-c1ccc(-c3ccc(-c4cc5cccnc5c5ncccc45)cc3)cc1C21c2ccccc2-c2cccc3cccc1c23. The molecule has 2 aromatic heterocycles. The standard InChI is InChI=1S/C47H28N2/c1-3-16-40-34(12-1)36-24-23-32(29-19-21-30(22-20-29)39-27-33-11-7-25-48-45(33)46-38(39)15-8-26-49-46)28-43(36)47(40)41-17-4-2-13-35(41)37-14-5-9-31-10-6-18-42(47)44(31)37/h1-28H. The van der Waals surface area contributed by atoms with Gasteiger partial charge in [-0.3, -0.25) is 9.97 Å². The Bertz CT molecular complexity index is 2820. The van der Waals surface area contributed by atoms with Crippen LogP contribution in [0.4, 0.5) is 0 Å². The molecule has 0 fully saturated rings. The van der Waals surface area contributed by atoms with Gasteiger partial charge in [-0.25, -0.2) is 0 Å². The largest absolute Gasteiger partial charge is 0.254 e. The topological polar surface area (TPSA) is 25.8 Å². The second kappa shape index (κ2) is 9.82. The van der Waals surface area contributed by atoms with Gasteiger partial charge in [0.2, 0.25) is 0 Å². The minimum absolute atomic E-state index is 0.419. The van der Waals surface area contributed by atoms with E-state index in [9.17, 15) is 0 Å². The molecule has 0 N–H and O–H groups in total. The average molecular weight is 621 g/mol. The molecule has 2 nitrogen and oxygen atoms in total. The molecule has 0 saturated heterocycles. The second-order valence-corrected chi connectivity index (χ2v) is 13.3. The fourth-order valence-corrected chi connectivity index (χ4v) is 8.97. The number of fused-ring (bicyclic) bond motifs is 12. The van der Waals surface area contributed by atoms with Crippen LogP contribution in [0.1, 0.15) is 22.3 Å². The molecule has 0 amide bonds. The predicted octanol–water partition coefficient (Wildman–Crippen LogP) is 11.6. The first-order chi connectivity index (χ1) is 24.3. The number of pyridine rings is 2. The molecule has 7 aromatic carbocycles. The summed E-state index contributed by atoms with van der Waals surface area (Å²) >= 11 is 0. The van der Waals surface area contributed by atoms with E-state index in [2.05, 4.69) is 151 Å². The Morgan fingerprint density at radius 1 is 0.347 bits per heavy atom. The lowest BCUT2D eigenvalue weighted by atomic mass is 9.61. The highest BCUT2D eigenvalue weighted by Gasteiger charge is 2.50. The van der Waals surface area contributed by atoms with Crippen molar-refractivity contribution in [3.05, 3.63) is 192 Å². The third kappa shape index (κ3) is 3.50. The molecule has 2 aliphatic rings. The number of hydrogen-bond donors (Lipinski definition) is 0. The van der Waals surface area contributed by atoms with E-state index in [1.807, 2.05) is 24.5 Å². The molecule has 1 atom stereocenters. The lowest BCUT2D eigenvalue weighted by Gasteiger charge is -2.40. The van der Waals surface area contributed by atoms with E-state index in [4.69, 9.17) is 4.98 Å². The fraction of sp³-hybridized carbons (Fsp3) is 0.0213. The van der Waals surface area contributed by atoms with E-state index in [1.54, 1.807) is 0 Å². The van der Waals surface area contributed by atoms with Crippen LogP contribution in [-0.2, 0) is 5.41 Å². The molecule has 226 valence electrons. The summed E-state index contributed by atoms with van der Waals surface area (Å²) in [7, 11) is 0. The maximum absolute atomic E-state index is 4.73. The van der Waals surface area contributed by atoms with Crippen molar-refractivity contribution in [2.24, 2.45) is 0 Å². The molecule has 0 aliphatic heterocycles. The van der Waals surface area contributed by atoms with Crippen LogP contribution in [0.3, 0.4) is 0 Å². The third-order valence-electron chi connectivity index (χ3n) is 11.0. The number of nitrogens with zero attached hydrogens (tertiary/aromatic N) is 2. The number of aromatic nitrogens is 2. The Balaban J connectivity index is 1.13. The quantitative estimate of drug-likeness (QED) is 0.180. The molecule has 0 radical (unpaired) electrons. The van der Waals surface area contributed by atoms with E-state index in [0.29, 0.717) is 0 Å². The van der Waals surface area contributed by atoms with Crippen molar-refractivity contribution in [1.29, 1.82) is 0 Å². The smallest absolute Gasteiger partial charge is 0.0970 e. The first-order valence-electron chi connectivity index (χ1n) is 16.9. The van der Waals surface area contributed by atoms with Gasteiger partial charge in [0.05, 0.1) is 16.4 Å². The van der Waals surface area contributed by atoms with Crippen LogP contribution in [0, 0.1) is 0 Å². The molecule has 2 aliphatic carbocycles. The highest BCUT2D eigenvalue weighted by molar-refractivity contribution is 6.10. The molecule has 2 heteroatoms. The zero-order valence-corrected chi connectivity index (χ0v) is 26.6. The molecule has 2 heterocycles. The molecule has 11 rings (SSSR count). The van der Waals surface area contributed by atoms with Crippen LogP contribution in [0.2, 0.25) is 0 Å². The Hall–Kier alpha value is -6.38. The van der Waals surface area contributed by atoms with Crippen LogP contribution >= 0.6 is 0 Å². The molecule has 49 heavy (non-hydrogen) atoms. The van der Waals surface area contributed by atoms with E-state index in [1.165, 1.54) is 77.5 Å². The van der Waals surface area contributed by atoms with Crippen molar-refractivity contribution >= 4 is 32.6 Å². The minimum Gasteiger partial charge on any atom is -0.254 e. The van der Waals surface area contributed by atoms with E-state index < -0.39 is 5.41 Å². The Morgan fingerprint density at radius 3 is 1.76 bits per heavy atom. The summed E-state index contributed by atoms with van der Waals surface area (Å²) in [6.07, 6.45) is 3.70. The average Bonchev–Trinajstić information content (AvgIpc) is 3.47. The van der Waals surface area contributed by atoms with E-state index in [0.717, 1.165) is 21.8 Å². The highest BCUT2D eigenvalue weighted by atomic mass is 14.7. The molecule has 1 unspecified atom stereocenters. The predicted molar refractivity (Wildman–Crippen MR) is 202 cm³/mol. The highest BCUT2D eigenvalue weighted by Crippen LogP contribution is 2.62. The van der Waals surface area contributed by atoms with Gasteiger partial charge in [-0.15, -0.1) is 0 Å². The Kier molecular flexibility index (Phi) is 5.34. The Labute approximate surface area is 284 Å². The molecular formula is C47H28N2. The maximum Gasteiger partial charge on any atom is 0.0970 e. The van der Waals surface area contributed by atoms with Gasteiger partial charge in [0.1, 0.15) is 0 Å². The number of benzene rings is 7. The Morgan fingerprint density at radius 2 is 0.939 bits per heavy atom. The summed E-state index contributed by atoms with van der Waals surface area (Å²) in [5.74, 6) is 0. The summed E-state index contributed by atoms with van der Waals surface area (Å²) in [4.78, 5) is 9.39. The fourth-order valence-electron chi connectivity index (χ4n) is 8.97. The normalized spacial score (nSPS) is 15.4. The molecule has 9 aromatic rings. The van der Waals surface area contributed by atoms with Gasteiger partial charge in [0, 0.05) is 23.2 Å². The van der Waals surface area contributed by atoms with E-state index in [-0.39, 0.29) is 0 Å². The van der Waals surface area contributed by atoms with Crippen LogP contribution in [-0.4, -0.2) is 9.97 Å². The number of hydrogen-bond acceptors (Lipinski definition) is 2. The second-order valence-electron chi connectivity index (χ2n) is 13.3. The van der Waals surface area contributed by atoms with Gasteiger partial charge in [0.15, 0.2) is 0 Å². The monoisotopic (exact) mass is 620 g/mol. The van der Waals surface area contributed by atoms with Crippen molar-refractivity contribution in [2.75, 3.05) is 0 Å². The van der Waals surface area contributed by atoms with Crippen LogP contribution in [0.15, 0.2) is 170 Å². The van der Waals surface area contributed by atoms with Crippen LogP contribution in [0.5, 0.6) is 0 Å². The van der Waals surface area contributed by atoms with E-state index >= 15 is 0 Å². The van der Waals surface area contributed by atoms with Gasteiger partial charge in [-0.1, -0.05) is 133 Å². The van der Waals surface area contributed by atoms with Gasteiger partial charge in [-0.05, 0) is 102 Å². The summed E-state index contributed by atoms with van der Waals surface area (Å²) in [5.41, 5.74) is 16.9. The first-order valence-corrected chi connectivity index (χ1v) is 16.9. The molecular weight excluding hydrogens is 593 g/mol. The summed E-state index contributed by atoms with van der Waals surface area (Å²) < 4.78 is 0.